The molecule has 0 fully saturated rings. The largest absolute Gasteiger partial charge is 0.351 e. The third kappa shape index (κ3) is 4.33. The summed E-state index contributed by atoms with van der Waals surface area (Å²) in [6, 6.07) is 12.7. The summed E-state index contributed by atoms with van der Waals surface area (Å²) in [7, 11) is 0. The molecule has 0 radical (unpaired) electrons. The molecule has 0 unspecified atom stereocenters. The zero-order valence-corrected chi connectivity index (χ0v) is 14.9. The van der Waals surface area contributed by atoms with Crippen LogP contribution in [-0.2, 0) is 11.3 Å². The number of fused-ring (bicyclic) bond motifs is 1. The molecular formula is C19H18FN3OS. The normalized spacial score (nSPS) is 10.8. The van der Waals surface area contributed by atoms with Crippen molar-refractivity contribution in [2.75, 3.05) is 5.75 Å². The number of nitrogens with one attached hydrogen (secondary N) is 1. The molecule has 1 N–H and O–H groups in total. The minimum Gasteiger partial charge on any atom is -0.351 e. The van der Waals surface area contributed by atoms with E-state index in [0.29, 0.717) is 17.9 Å². The third-order valence-electron chi connectivity index (χ3n) is 3.75. The van der Waals surface area contributed by atoms with Crippen LogP contribution in [0.1, 0.15) is 17.0 Å². The Labute approximate surface area is 149 Å². The Kier molecular flexibility index (Phi) is 5.28. The van der Waals surface area contributed by atoms with Crippen molar-refractivity contribution in [2.45, 2.75) is 25.4 Å². The first-order chi connectivity index (χ1) is 12.0. The van der Waals surface area contributed by atoms with Gasteiger partial charge in [0.1, 0.15) is 16.7 Å². The van der Waals surface area contributed by atoms with Gasteiger partial charge in [-0.1, -0.05) is 42.1 Å². The molecule has 0 atom stereocenters. The van der Waals surface area contributed by atoms with Gasteiger partial charge < -0.3 is 5.32 Å². The highest BCUT2D eigenvalue weighted by Crippen LogP contribution is 2.24. The average Bonchev–Trinajstić information content (AvgIpc) is 2.60. The van der Waals surface area contributed by atoms with Gasteiger partial charge in [0.15, 0.2) is 0 Å². The van der Waals surface area contributed by atoms with Gasteiger partial charge >= 0.3 is 0 Å². The highest BCUT2D eigenvalue weighted by atomic mass is 32.2. The fourth-order valence-electron chi connectivity index (χ4n) is 2.40. The fraction of sp³-hybridized carbons (Fsp3) is 0.211. The molecule has 1 heterocycles. The minimum absolute atomic E-state index is 0.119. The Balaban J connectivity index is 1.62. The molecule has 6 heteroatoms. The van der Waals surface area contributed by atoms with E-state index in [4.69, 9.17) is 0 Å². The number of halogens is 1. The van der Waals surface area contributed by atoms with Gasteiger partial charge in [0.2, 0.25) is 5.91 Å². The first-order valence-electron chi connectivity index (χ1n) is 7.91. The molecule has 25 heavy (non-hydrogen) atoms. The molecule has 3 rings (SSSR count). The van der Waals surface area contributed by atoms with E-state index in [1.165, 1.54) is 17.8 Å². The maximum absolute atomic E-state index is 13.5. The van der Waals surface area contributed by atoms with E-state index in [0.717, 1.165) is 21.5 Å². The summed E-state index contributed by atoms with van der Waals surface area (Å²) in [4.78, 5) is 20.9. The Morgan fingerprint density at radius 1 is 1.16 bits per heavy atom. The lowest BCUT2D eigenvalue weighted by Crippen LogP contribution is -2.24. The van der Waals surface area contributed by atoms with Gasteiger partial charge in [0.05, 0.1) is 11.3 Å². The van der Waals surface area contributed by atoms with Crippen molar-refractivity contribution in [1.82, 2.24) is 15.3 Å². The Hall–Kier alpha value is -2.47. The first kappa shape index (κ1) is 17.4. The van der Waals surface area contributed by atoms with Crippen molar-refractivity contribution in [1.29, 1.82) is 0 Å². The van der Waals surface area contributed by atoms with Gasteiger partial charge in [-0.2, -0.15) is 0 Å². The summed E-state index contributed by atoms with van der Waals surface area (Å²) in [6.45, 7) is 3.85. The first-order valence-corrected chi connectivity index (χ1v) is 8.89. The standard InChI is InChI=1S/C19H18FN3OS/c1-12-7-8-14(9-16(12)20)10-21-18(24)11-25-19-15-5-3-4-6-17(15)22-13(2)23-19/h3-9H,10-11H2,1-2H3,(H,21,24). The second-order valence-corrected chi connectivity index (χ2v) is 6.71. The molecule has 0 aliphatic rings. The number of aromatic nitrogens is 2. The quantitative estimate of drug-likeness (QED) is 0.559. The van der Waals surface area contributed by atoms with Crippen LogP contribution in [0.3, 0.4) is 0 Å². The lowest BCUT2D eigenvalue weighted by molar-refractivity contribution is -0.118. The molecule has 2 aromatic carbocycles. The lowest BCUT2D eigenvalue weighted by Gasteiger charge is -2.08. The summed E-state index contributed by atoms with van der Waals surface area (Å²) in [6.07, 6.45) is 0. The van der Waals surface area contributed by atoms with Gasteiger partial charge in [-0.05, 0) is 37.1 Å². The number of rotatable bonds is 5. The number of aryl methyl sites for hydroxylation is 2. The number of amides is 1. The predicted molar refractivity (Wildman–Crippen MR) is 98.0 cm³/mol. The number of hydrogen-bond acceptors (Lipinski definition) is 4. The molecule has 128 valence electrons. The van der Waals surface area contributed by atoms with Gasteiger partial charge in [-0.25, -0.2) is 14.4 Å². The highest BCUT2D eigenvalue weighted by Gasteiger charge is 2.09. The Morgan fingerprint density at radius 2 is 1.96 bits per heavy atom. The summed E-state index contributed by atoms with van der Waals surface area (Å²) < 4.78 is 13.5. The summed E-state index contributed by atoms with van der Waals surface area (Å²) in [5.74, 6) is 0.543. The minimum atomic E-state index is -0.260. The fourth-order valence-corrected chi connectivity index (χ4v) is 3.30. The molecule has 1 amide bonds. The Bertz CT molecular complexity index is 930. The SMILES string of the molecule is Cc1nc(SCC(=O)NCc2ccc(C)c(F)c2)c2ccccc2n1. The number of carbonyl (C=O) groups excluding carboxylic acids is 1. The van der Waals surface area contributed by atoms with Gasteiger partial charge in [0, 0.05) is 11.9 Å². The second kappa shape index (κ2) is 7.61. The molecule has 0 spiro atoms. The second-order valence-electron chi connectivity index (χ2n) is 5.74. The van der Waals surface area contributed by atoms with Crippen LogP contribution >= 0.6 is 11.8 Å². The topological polar surface area (TPSA) is 54.9 Å². The number of nitrogens with zero attached hydrogens (tertiary/aromatic N) is 2. The predicted octanol–water partition coefficient (Wildman–Crippen LogP) is 3.79. The van der Waals surface area contributed by atoms with Crippen LogP contribution in [0.25, 0.3) is 10.9 Å². The third-order valence-corrected chi connectivity index (χ3v) is 4.74. The zero-order valence-electron chi connectivity index (χ0n) is 14.0. The molecular weight excluding hydrogens is 337 g/mol. The monoisotopic (exact) mass is 355 g/mol. The van der Waals surface area contributed by atoms with Crippen molar-refractivity contribution in [3.63, 3.8) is 0 Å². The number of carbonyl (C=O) groups is 1. The van der Waals surface area contributed by atoms with E-state index in [1.54, 1.807) is 13.0 Å². The number of para-hydroxylation sites is 1. The smallest absolute Gasteiger partial charge is 0.230 e. The van der Waals surface area contributed by atoms with Crippen molar-refractivity contribution in [3.8, 4) is 0 Å². The van der Waals surface area contributed by atoms with Crippen molar-refractivity contribution < 1.29 is 9.18 Å². The van der Waals surface area contributed by atoms with Gasteiger partial charge in [-0.15, -0.1) is 0 Å². The van der Waals surface area contributed by atoms with E-state index in [1.807, 2.05) is 37.3 Å². The van der Waals surface area contributed by atoms with Gasteiger partial charge in [-0.3, -0.25) is 4.79 Å². The van der Waals surface area contributed by atoms with Crippen LogP contribution in [-0.4, -0.2) is 21.6 Å². The Morgan fingerprint density at radius 3 is 2.76 bits per heavy atom. The van der Waals surface area contributed by atoms with Crippen molar-refractivity contribution in [2.24, 2.45) is 0 Å². The molecule has 1 aromatic heterocycles. The van der Waals surface area contributed by atoms with E-state index in [9.17, 15) is 9.18 Å². The van der Waals surface area contributed by atoms with E-state index in [-0.39, 0.29) is 17.5 Å². The van der Waals surface area contributed by atoms with Gasteiger partial charge in [0.25, 0.3) is 0 Å². The van der Waals surface area contributed by atoms with Crippen LogP contribution in [0.2, 0.25) is 0 Å². The van der Waals surface area contributed by atoms with Crippen LogP contribution in [0, 0.1) is 19.7 Å². The van der Waals surface area contributed by atoms with Crippen molar-refractivity contribution >= 4 is 28.6 Å². The van der Waals surface area contributed by atoms with E-state index < -0.39 is 0 Å². The van der Waals surface area contributed by atoms with E-state index >= 15 is 0 Å². The highest BCUT2D eigenvalue weighted by molar-refractivity contribution is 8.00. The zero-order chi connectivity index (χ0) is 17.8. The molecule has 4 nitrogen and oxygen atoms in total. The molecule has 0 bridgehead atoms. The molecule has 0 aliphatic carbocycles. The average molecular weight is 355 g/mol. The molecule has 3 aromatic rings. The summed E-state index contributed by atoms with van der Waals surface area (Å²) in [5.41, 5.74) is 2.20. The number of thioether (sulfide) groups is 1. The summed E-state index contributed by atoms with van der Waals surface area (Å²) >= 11 is 1.38. The summed E-state index contributed by atoms with van der Waals surface area (Å²) in [5, 5.41) is 4.54. The van der Waals surface area contributed by atoms with Crippen LogP contribution < -0.4 is 5.32 Å². The molecule has 0 saturated carbocycles. The van der Waals surface area contributed by atoms with Crippen LogP contribution in [0.15, 0.2) is 47.5 Å². The lowest BCUT2D eigenvalue weighted by atomic mass is 10.1. The maximum Gasteiger partial charge on any atom is 0.230 e. The van der Waals surface area contributed by atoms with Crippen LogP contribution in [0.4, 0.5) is 4.39 Å². The number of hydrogen-bond donors (Lipinski definition) is 1. The van der Waals surface area contributed by atoms with Crippen molar-refractivity contribution in [3.05, 3.63) is 65.2 Å². The molecule has 0 aliphatic heterocycles. The maximum atomic E-state index is 13.5. The van der Waals surface area contributed by atoms with Crippen LogP contribution in [0.5, 0.6) is 0 Å². The van der Waals surface area contributed by atoms with E-state index in [2.05, 4.69) is 15.3 Å². The number of benzene rings is 2. The molecule has 0 saturated heterocycles.